The van der Waals surface area contributed by atoms with Crippen LogP contribution < -0.4 is 26.7 Å². The molecule has 0 fully saturated rings. The topological polar surface area (TPSA) is 76.8 Å². The first-order valence-corrected chi connectivity index (χ1v) is 6.84. The summed E-state index contributed by atoms with van der Waals surface area (Å²) in [6.07, 6.45) is 0. The molecule has 0 N–H and O–H groups in total. The van der Waals surface area contributed by atoms with Gasteiger partial charge in [-0.25, -0.2) is 0 Å². The number of aromatic nitrogens is 4. The number of nitriles is 1. The van der Waals surface area contributed by atoms with Gasteiger partial charge in [-0.15, -0.1) is 0 Å². The summed E-state index contributed by atoms with van der Waals surface area (Å²) in [6, 6.07) is 16.6. The minimum absolute atomic E-state index is 0. The lowest BCUT2D eigenvalue weighted by molar-refractivity contribution is -0.735. The molecule has 0 saturated heterocycles. The van der Waals surface area contributed by atoms with Crippen LogP contribution in [0.4, 0.5) is 0 Å². The van der Waals surface area contributed by atoms with E-state index in [0.717, 1.165) is 22.9 Å². The summed E-state index contributed by atoms with van der Waals surface area (Å²) in [5, 5.41) is 17.5. The minimum Gasteiger partial charge on any atom is -1.00 e. The van der Waals surface area contributed by atoms with Crippen molar-refractivity contribution in [2.75, 3.05) is 14.2 Å². The van der Waals surface area contributed by atoms with E-state index in [4.69, 9.17) is 14.7 Å². The first-order chi connectivity index (χ1) is 11.2. The molecule has 0 aliphatic rings. The van der Waals surface area contributed by atoms with Crippen molar-refractivity contribution in [3.05, 3.63) is 54.4 Å². The number of hydrogen-bond acceptors (Lipinski definition) is 5. The first kappa shape index (κ1) is 17.2. The quantitative estimate of drug-likeness (QED) is 0.535. The van der Waals surface area contributed by atoms with Crippen molar-refractivity contribution >= 4 is 0 Å². The van der Waals surface area contributed by atoms with Gasteiger partial charge in [0.1, 0.15) is 17.2 Å². The summed E-state index contributed by atoms with van der Waals surface area (Å²) in [7, 11) is 3.21. The van der Waals surface area contributed by atoms with Crippen LogP contribution >= 0.6 is 0 Å². The van der Waals surface area contributed by atoms with Crippen molar-refractivity contribution < 1.29 is 26.7 Å². The van der Waals surface area contributed by atoms with Gasteiger partial charge in [0.05, 0.1) is 19.3 Å². The predicted molar refractivity (Wildman–Crippen MR) is 80.7 cm³/mol. The van der Waals surface area contributed by atoms with Gasteiger partial charge in [0.2, 0.25) is 0 Å². The van der Waals surface area contributed by atoms with E-state index < -0.39 is 0 Å². The second-order valence-electron chi connectivity index (χ2n) is 4.61. The minimum atomic E-state index is 0. The maximum absolute atomic E-state index is 9.09. The summed E-state index contributed by atoms with van der Waals surface area (Å²) in [5.74, 6) is 1.56. The molecule has 0 spiro atoms. The highest BCUT2D eigenvalue weighted by atomic mass is 35.5. The number of nitrogens with zero attached hydrogens (tertiary/aromatic N) is 5. The average Bonchev–Trinajstić information content (AvgIpc) is 3.06. The van der Waals surface area contributed by atoms with Gasteiger partial charge < -0.3 is 21.9 Å². The molecule has 0 atom stereocenters. The van der Waals surface area contributed by atoms with Gasteiger partial charge in [-0.1, -0.05) is 0 Å². The lowest BCUT2D eigenvalue weighted by Crippen LogP contribution is -3.00. The number of benzene rings is 2. The highest BCUT2D eigenvalue weighted by molar-refractivity contribution is 5.36. The fraction of sp³-hybridized carbons (Fsp3) is 0.125. The summed E-state index contributed by atoms with van der Waals surface area (Å²) in [6.45, 7) is 0. The Bertz CT molecular complexity index is 789. The zero-order chi connectivity index (χ0) is 16.2. The molecule has 1 heterocycles. The van der Waals surface area contributed by atoms with Crippen molar-refractivity contribution in [3.63, 3.8) is 0 Å². The molecule has 122 valence electrons. The molecular formula is C16H14ClN5O2. The molecule has 8 heteroatoms. The van der Waals surface area contributed by atoms with Gasteiger partial charge in [0.25, 0.3) is 0 Å². The summed E-state index contributed by atoms with van der Waals surface area (Å²) < 4.78 is 10.3. The second-order valence-corrected chi connectivity index (χ2v) is 4.61. The van der Waals surface area contributed by atoms with Crippen LogP contribution in [-0.4, -0.2) is 29.2 Å². The molecule has 0 radical (unpaired) electrons. The smallest absolute Gasteiger partial charge is 0.409 e. The molecule has 0 aliphatic heterocycles. The Hall–Kier alpha value is -3.11. The first-order valence-electron chi connectivity index (χ1n) is 6.84. The zero-order valence-corrected chi connectivity index (χ0v) is 13.8. The molecule has 0 saturated carbocycles. The fourth-order valence-corrected chi connectivity index (χ4v) is 2.09. The van der Waals surface area contributed by atoms with E-state index in [-0.39, 0.29) is 18.2 Å². The van der Waals surface area contributed by atoms with E-state index >= 15 is 0 Å². The summed E-state index contributed by atoms with van der Waals surface area (Å²) >= 11 is 0. The van der Waals surface area contributed by atoms with Crippen molar-refractivity contribution in [1.82, 2.24) is 15.0 Å². The Morgan fingerprint density at radius 2 is 1.50 bits per heavy atom. The molecular weight excluding hydrogens is 330 g/mol. The third kappa shape index (κ3) is 3.29. The average molecular weight is 344 g/mol. The molecule has 0 aliphatic carbocycles. The molecule has 3 aromatic rings. The molecule has 3 rings (SSSR count). The molecule has 0 amide bonds. The van der Waals surface area contributed by atoms with Crippen LogP contribution in [0.5, 0.6) is 11.5 Å². The summed E-state index contributed by atoms with van der Waals surface area (Å²) in [4.78, 5) is 3.11. The highest BCUT2D eigenvalue weighted by Crippen LogP contribution is 2.14. The van der Waals surface area contributed by atoms with Crippen LogP contribution in [0, 0.1) is 11.3 Å². The van der Waals surface area contributed by atoms with Crippen molar-refractivity contribution in [2.24, 2.45) is 0 Å². The van der Waals surface area contributed by atoms with Crippen LogP contribution in [0.15, 0.2) is 48.5 Å². The number of ether oxygens (including phenoxy) is 2. The number of rotatable bonds is 4. The monoisotopic (exact) mass is 343 g/mol. The lowest BCUT2D eigenvalue weighted by atomic mass is 10.3. The van der Waals surface area contributed by atoms with E-state index in [9.17, 15) is 0 Å². The van der Waals surface area contributed by atoms with Gasteiger partial charge in [0.15, 0.2) is 11.8 Å². The van der Waals surface area contributed by atoms with Gasteiger partial charge in [-0.3, -0.25) is 0 Å². The van der Waals surface area contributed by atoms with Crippen LogP contribution in [0.3, 0.4) is 0 Å². The Labute approximate surface area is 145 Å². The predicted octanol–water partition coefficient (Wildman–Crippen LogP) is -1.56. The van der Waals surface area contributed by atoms with E-state index in [1.165, 1.54) is 0 Å². The van der Waals surface area contributed by atoms with E-state index in [1.807, 2.05) is 54.6 Å². The second kappa shape index (κ2) is 7.44. The zero-order valence-electron chi connectivity index (χ0n) is 13.0. The Morgan fingerprint density at radius 3 is 2.00 bits per heavy atom. The summed E-state index contributed by atoms with van der Waals surface area (Å²) in [5.41, 5.74) is 1.52. The van der Waals surface area contributed by atoms with Crippen LogP contribution in [0.2, 0.25) is 0 Å². The van der Waals surface area contributed by atoms with Crippen molar-refractivity contribution in [1.29, 1.82) is 5.26 Å². The molecule has 0 bridgehead atoms. The molecule has 24 heavy (non-hydrogen) atoms. The molecule has 0 unspecified atom stereocenters. The lowest BCUT2D eigenvalue weighted by Gasteiger charge is -2.02. The van der Waals surface area contributed by atoms with Crippen LogP contribution in [0.25, 0.3) is 11.4 Å². The van der Waals surface area contributed by atoms with Crippen LogP contribution in [-0.2, 0) is 0 Å². The third-order valence-corrected chi connectivity index (χ3v) is 3.27. The van der Waals surface area contributed by atoms with Crippen molar-refractivity contribution in [3.8, 4) is 28.9 Å². The largest absolute Gasteiger partial charge is 1.00 e. The molecule has 1 aromatic heterocycles. The van der Waals surface area contributed by atoms with Gasteiger partial charge in [-0.05, 0) is 53.3 Å². The Balaban J connectivity index is 0.00000208. The number of halogens is 1. The van der Waals surface area contributed by atoms with Crippen LogP contribution in [0.1, 0.15) is 5.82 Å². The SMILES string of the molecule is COc1ccc(-n2nc(C#N)n[n+]2-c2ccc(OC)cc2)cc1.[Cl-]. The van der Waals surface area contributed by atoms with Gasteiger partial charge in [-0.2, -0.15) is 5.26 Å². The fourth-order valence-electron chi connectivity index (χ4n) is 2.09. The van der Waals surface area contributed by atoms with Crippen molar-refractivity contribution in [2.45, 2.75) is 0 Å². The maximum Gasteiger partial charge on any atom is 0.409 e. The van der Waals surface area contributed by atoms with E-state index in [0.29, 0.717) is 0 Å². The van der Waals surface area contributed by atoms with E-state index in [2.05, 4.69) is 10.2 Å². The Kier molecular flexibility index (Phi) is 5.35. The maximum atomic E-state index is 9.09. The standard InChI is InChI=1S/C16H14N5O2.ClH/c1-22-14-7-3-12(4-8-14)20-18-16(11-17)19-21(20)13-5-9-15(23-2)10-6-13;/h3-10H,1-2H3;1H/q+1;/p-1. The third-order valence-electron chi connectivity index (χ3n) is 3.27. The molecule has 7 nitrogen and oxygen atoms in total. The molecule has 2 aromatic carbocycles. The van der Waals surface area contributed by atoms with Gasteiger partial charge in [0, 0.05) is 9.90 Å². The number of hydrogen-bond donors (Lipinski definition) is 0. The van der Waals surface area contributed by atoms with E-state index in [1.54, 1.807) is 23.8 Å². The normalized spacial score (nSPS) is 9.71. The number of tetrazole rings is 1. The Morgan fingerprint density at radius 1 is 0.958 bits per heavy atom. The van der Waals surface area contributed by atoms with Gasteiger partial charge >= 0.3 is 5.82 Å². The highest BCUT2D eigenvalue weighted by Gasteiger charge is 2.21. The number of methoxy groups -OCH3 is 2.